The van der Waals surface area contributed by atoms with Crippen molar-refractivity contribution < 1.29 is 12.8 Å². The molecule has 0 amide bonds. The summed E-state index contributed by atoms with van der Waals surface area (Å²) in [6, 6.07) is 10.1. The molecule has 0 radical (unpaired) electrons. The van der Waals surface area contributed by atoms with E-state index < -0.39 is 15.8 Å². The highest BCUT2D eigenvalue weighted by Gasteiger charge is 2.18. The molecule has 0 aromatic heterocycles. The number of hydrogen-bond acceptors (Lipinski definition) is 3. The molecule has 2 aromatic carbocycles. The lowest BCUT2D eigenvalue weighted by Gasteiger charge is -2.10. The van der Waals surface area contributed by atoms with Crippen molar-refractivity contribution in [1.82, 2.24) is 4.72 Å². The SMILES string of the molecule is Nc1ccc(Cl)cc1S(=O)(=O)NCc1ccccc1F. The van der Waals surface area contributed by atoms with E-state index in [-0.39, 0.29) is 27.7 Å². The maximum absolute atomic E-state index is 13.4. The first kappa shape index (κ1) is 14.8. The van der Waals surface area contributed by atoms with Gasteiger partial charge in [-0.2, -0.15) is 0 Å². The average Bonchev–Trinajstić information content (AvgIpc) is 2.40. The molecule has 0 saturated heterocycles. The molecule has 0 aliphatic heterocycles. The summed E-state index contributed by atoms with van der Waals surface area (Å²) < 4.78 is 40.0. The van der Waals surface area contributed by atoms with E-state index in [9.17, 15) is 12.8 Å². The van der Waals surface area contributed by atoms with Crippen molar-refractivity contribution in [1.29, 1.82) is 0 Å². The van der Waals surface area contributed by atoms with Gasteiger partial charge in [0.2, 0.25) is 10.0 Å². The maximum Gasteiger partial charge on any atom is 0.242 e. The summed E-state index contributed by atoms with van der Waals surface area (Å²) in [5.41, 5.74) is 5.95. The number of sulfonamides is 1. The van der Waals surface area contributed by atoms with E-state index in [1.165, 1.54) is 36.4 Å². The minimum Gasteiger partial charge on any atom is -0.398 e. The molecule has 3 N–H and O–H groups in total. The zero-order valence-corrected chi connectivity index (χ0v) is 11.9. The highest BCUT2D eigenvalue weighted by Crippen LogP contribution is 2.22. The van der Waals surface area contributed by atoms with E-state index in [4.69, 9.17) is 17.3 Å². The lowest BCUT2D eigenvalue weighted by atomic mass is 10.2. The second kappa shape index (κ2) is 5.78. The van der Waals surface area contributed by atoms with Crippen molar-refractivity contribution in [2.45, 2.75) is 11.4 Å². The van der Waals surface area contributed by atoms with Crippen LogP contribution in [0.15, 0.2) is 47.4 Å². The Morgan fingerprint density at radius 2 is 1.90 bits per heavy atom. The van der Waals surface area contributed by atoms with E-state index in [2.05, 4.69) is 4.72 Å². The Morgan fingerprint density at radius 1 is 1.20 bits per heavy atom. The van der Waals surface area contributed by atoms with Crippen LogP contribution >= 0.6 is 11.6 Å². The number of benzene rings is 2. The number of anilines is 1. The van der Waals surface area contributed by atoms with Crippen LogP contribution in [0.4, 0.5) is 10.1 Å². The predicted octanol–water partition coefficient (Wildman–Crippen LogP) is 2.54. The fourth-order valence-electron chi connectivity index (χ4n) is 1.63. The Bertz CT molecular complexity index is 735. The minimum atomic E-state index is -3.85. The Balaban J connectivity index is 2.24. The van der Waals surface area contributed by atoms with Crippen LogP contribution in [0, 0.1) is 5.82 Å². The van der Waals surface area contributed by atoms with Gasteiger partial charge in [0.05, 0.1) is 5.69 Å². The predicted molar refractivity (Wildman–Crippen MR) is 76.3 cm³/mol. The molecule has 0 unspecified atom stereocenters. The van der Waals surface area contributed by atoms with Gasteiger partial charge in [0.15, 0.2) is 0 Å². The van der Waals surface area contributed by atoms with Gasteiger partial charge in [-0.15, -0.1) is 0 Å². The van der Waals surface area contributed by atoms with Gasteiger partial charge in [0.25, 0.3) is 0 Å². The fourth-order valence-corrected chi connectivity index (χ4v) is 3.03. The number of nitrogen functional groups attached to an aromatic ring is 1. The van der Waals surface area contributed by atoms with Crippen LogP contribution in [-0.2, 0) is 16.6 Å². The van der Waals surface area contributed by atoms with Crippen molar-refractivity contribution in [2.24, 2.45) is 0 Å². The maximum atomic E-state index is 13.4. The van der Waals surface area contributed by atoms with Gasteiger partial charge in [0, 0.05) is 17.1 Å². The molecule has 0 spiro atoms. The lowest BCUT2D eigenvalue weighted by molar-refractivity contribution is 0.574. The van der Waals surface area contributed by atoms with Gasteiger partial charge < -0.3 is 5.73 Å². The van der Waals surface area contributed by atoms with Gasteiger partial charge in [-0.25, -0.2) is 17.5 Å². The van der Waals surface area contributed by atoms with Gasteiger partial charge in [-0.3, -0.25) is 0 Å². The summed E-state index contributed by atoms with van der Waals surface area (Å²) in [6.45, 7) is -0.166. The monoisotopic (exact) mass is 314 g/mol. The van der Waals surface area contributed by atoms with Gasteiger partial charge in [-0.1, -0.05) is 29.8 Å². The van der Waals surface area contributed by atoms with Crippen molar-refractivity contribution in [3.8, 4) is 0 Å². The van der Waals surface area contributed by atoms with E-state index in [0.717, 1.165) is 0 Å². The van der Waals surface area contributed by atoms with Crippen LogP contribution in [0.1, 0.15) is 5.56 Å². The summed E-state index contributed by atoms with van der Waals surface area (Å²) in [5, 5.41) is 0.255. The third kappa shape index (κ3) is 3.27. The first-order valence-electron chi connectivity index (χ1n) is 5.68. The molecular weight excluding hydrogens is 303 g/mol. The van der Waals surface area contributed by atoms with Crippen LogP contribution in [0.2, 0.25) is 5.02 Å². The van der Waals surface area contributed by atoms with E-state index >= 15 is 0 Å². The lowest BCUT2D eigenvalue weighted by Crippen LogP contribution is -2.24. The average molecular weight is 315 g/mol. The number of rotatable bonds is 4. The fraction of sp³-hybridized carbons (Fsp3) is 0.0769. The Morgan fingerprint density at radius 3 is 2.60 bits per heavy atom. The summed E-state index contributed by atoms with van der Waals surface area (Å²) >= 11 is 5.76. The largest absolute Gasteiger partial charge is 0.398 e. The van der Waals surface area contributed by atoms with Crippen LogP contribution < -0.4 is 10.5 Å². The molecule has 0 heterocycles. The first-order valence-corrected chi connectivity index (χ1v) is 7.54. The Kier molecular flexibility index (Phi) is 4.27. The highest BCUT2D eigenvalue weighted by molar-refractivity contribution is 7.89. The molecule has 0 bridgehead atoms. The summed E-state index contributed by atoms with van der Waals surface area (Å²) in [6.07, 6.45) is 0. The van der Waals surface area contributed by atoms with E-state index in [0.29, 0.717) is 0 Å². The van der Waals surface area contributed by atoms with Crippen molar-refractivity contribution in [3.63, 3.8) is 0 Å². The third-order valence-corrected chi connectivity index (χ3v) is 4.37. The second-order valence-corrected chi connectivity index (χ2v) is 6.27. The highest BCUT2D eigenvalue weighted by atomic mass is 35.5. The molecule has 0 aliphatic rings. The molecule has 0 aliphatic carbocycles. The first-order chi connectivity index (χ1) is 9.40. The third-order valence-electron chi connectivity index (χ3n) is 2.68. The van der Waals surface area contributed by atoms with Crippen molar-refractivity contribution >= 4 is 27.3 Å². The van der Waals surface area contributed by atoms with Crippen molar-refractivity contribution in [3.05, 3.63) is 58.9 Å². The number of hydrogen-bond donors (Lipinski definition) is 2. The molecule has 0 atom stereocenters. The Labute approximate surface area is 121 Å². The van der Waals surface area contributed by atoms with E-state index in [1.807, 2.05) is 0 Å². The summed E-state index contributed by atoms with van der Waals surface area (Å²) in [4.78, 5) is -0.124. The smallest absolute Gasteiger partial charge is 0.242 e. The van der Waals surface area contributed by atoms with Crippen LogP contribution in [0.3, 0.4) is 0 Å². The van der Waals surface area contributed by atoms with Crippen LogP contribution in [0.25, 0.3) is 0 Å². The minimum absolute atomic E-state index is 0.0791. The number of halogens is 2. The topological polar surface area (TPSA) is 72.2 Å². The number of nitrogens with two attached hydrogens (primary N) is 1. The second-order valence-electron chi connectivity index (χ2n) is 4.10. The standard InChI is InChI=1S/C13H12ClFN2O2S/c14-10-5-6-12(16)13(7-10)20(18,19)17-8-9-3-1-2-4-11(9)15/h1-7,17H,8,16H2. The summed E-state index contributed by atoms with van der Waals surface area (Å²) in [7, 11) is -3.85. The molecule has 0 saturated carbocycles. The molecule has 106 valence electrons. The summed E-state index contributed by atoms with van der Waals surface area (Å²) in [5.74, 6) is -0.478. The zero-order chi connectivity index (χ0) is 14.8. The molecule has 4 nitrogen and oxygen atoms in total. The Hall–Kier alpha value is -1.63. The quantitative estimate of drug-likeness (QED) is 0.852. The van der Waals surface area contributed by atoms with Crippen LogP contribution in [-0.4, -0.2) is 8.42 Å². The molecule has 2 aromatic rings. The van der Waals surface area contributed by atoms with Gasteiger partial charge >= 0.3 is 0 Å². The molecule has 0 fully saturated rings. The van der Waals surface area contributed by atoms with Gasteiger partial charge in [0.1, 0.15) is 10.7 Å². The van der Waals surface area contributed by atoms with Gasteiger partial charge in [-0.05, 0) is 24.3 Å². The van der Waals surface area contributed by atoms with Crippen molar-refractivity contribution in [2.75, 3.05) is 5.73 Å². The zero-order valence-electron chi connectivity index (χ0n) is 10.3. The number of nitrogens with one attached hydrogen (secondary N) is 1. The molecular formula is C13H12ClFN2O2S. The van der Waals surface area contributed by atoms with Crippen LogP contribution in [0.5, 0.6) is 0 Å². The molecule has 20 heavy (non-hydrogen) atoms. The normalized spacial score (nSPS) is 11.5. The van der Waals surface area contributed by atoms with E-state index in [1.54, 1.807) is 6.07 Å². The molecule has 2 rings (SSSR count). The molecule has 7 heteroatoms.